The average Bonchev–Trinajstić information content (AvgIpc) is 3.09. The Bertz CT molecular complexity index is 942. The van der Waals surface area contributed by atoms with Crippen molar-refractivity contribution in [1.29, 1.82) is 0 Å². The highest BCUT2D eigenvalue weighted by Crippen LogP contribution is 2.33. The number of aromatic hydroxyl groups is 1. The SMILES string of the molecule is Oc1ccc(-c2nc(-c3ccccc3)[nH]c2-c2ccccc2)cc1. The number of H-pyrrole nitrogens is 1. The Morgan fingerprint density at radius 2 is 1.21 bits per heavy atom. The molecule has 0 saturated heterocycles. The molecule has 0 atom stereocenters. The van der Waals surface area contributed by atoms with Crippen LogP contribution < -0.4 is 0 Å². The van der Waals surface area contributed by atoms with Gasteiger partial charge in [-0.3, -0.25) is 0 Å². The zero-order chi connectivity index (χ0) is 16.4. The number of imidazole rings is 1. The van der Waals surface area contributed by atoms with Crippen molar-refractivity contribution in [2.24, 2.45) is 0 Å². The van der Waals surface area contributed by atoms with E-state index in [0.29, 0.717) is 0 Å². The van der Waals surface area contributed by atoms with Gasteiger partial charge in [-0.2, -0.15) is 0 Å². The number of phenolic OH excluding ortho intramolecular Hbond substituents is 1. The standard InChI is InChI=1S/C21H16N2O/c24-18-13-11-16(12-14-18)20-19(15-7-3-1-4-8-15)22-21(23-20)17-9-5-2-6-10-17/h1-14,24H,(H,22,23). The number of aromatic nitrogens is 2. The lowest BCUT2D eigenvalue weighted by molar-refractivity contribution is 0.475. The molecule has 0 amide bonds. The van der Waals surface area contributed by atoms with Gasteiger partial charge in [-0.1, -0.05) is 60.7 Å². The third-order valence-electron chi connectivity index (χ3n) is 3.95. The van der Waals surface area contributed by atoms with Crippen LogP contribution in [0, 0.1) is 0 Å². The van der Waals surface area contributed by atoms with Crippen LogP contribution >= 0.6 is 0 Å². The summed E-state index contributed by atoms with van der Waals surface area (Å²) in [6.45, 7) is 0. The molecule has 116 valence electrons. The number of benzene rings is 3. The number of hydrogen-bond acceptors (Lipinski definition) is 2. The molecule has 2 N–H and O–H groups in total. The molecule has 1 aromatic heterocycles. The van der Waals surface area contributed by atoms with Gasteiger partial charge in [0.1, 0.15) is 11.6 Å². The second-order valence-corrected chi connectivity index (χ2v) is 5.59. The second-order valence-electron chi connectivity index (χ2n) is 5.59. The van der Waals surface area contributed by atoms with Gasteiger partial charge in [0.15, 0.2) is 0 Å². The van der Waals surface area contributed by atoms with E-state index < -0.39 is 0 Å². The highest BCUT2D eigenvalue weighted by molar-refractivity contribution is 5.81. The zero-order valence-corrected chi connectivity index (χ0v) is 13.0. The first kappa shape index (κ1) is 14.3. The molecular formula is C21H16N2O. The van der Waals surface area contributed by atoms with Crippen molar-refractivity contribution in [3.63, 3.8) is 0 Å². The van der Waals surface area contributed by atoms with Crippen LogP contribution in [0.4, 0.5) is 0 Å². The summed E-state index contributed by atoms with van der Waals surface area (Å²) in [7, 11) is 0. The summed E-state index contributed by atoms with van der Waals surface area (Å²) >= 11 is 0. The minimum absolute atomic E-state index is 0.249. The molecular weight excluding hydrogens is 296 g/mol. The first-order valence-electron chi connectivity index (χ1n) is 7.81. The number of nitrogens with zero attached hydrogens (tertiary/aromatic N) is 1. The highest BCUT2D eigenvalue weighted by Gasteiger charge is 2.14. The minimum Gasteiger partial charge on any atom is -0.508 e. The van der Waals surface area contributed by atoms with Crippen LogP contribution in [0.5, 0.6) is 5.75 Å². The van der Waals surface area contributed by atoms with E-state index in [1.165, 1.54) is 0 Å². The molecule has 0 unspecified atom stereocenters. The average molecular weight is 312 g/mol. The Morgan fingerprint density at radius 1 is 0.625 bits per heavy atom. The maximum atomic E-state index is 9.54. The van der Waals surface area contributed by atoms with E-state index in [1.807, 2.05) is 60.7 Å². The van der Waals surface area contributed by atoms with Gasteiger partial charge >= 0.3 is 0 Å². The van der Waals surface area contributed by atoms with Crippen molar-refractivity contribution < 1.29 is 5.11 Å². The Balaban J connectivity index is 1.90. The van der Waals surface area contributed by atoms with Gasteiger partial charge in [0.2, 0.25) is 0 Å². The second kappa shape index (κ2) is 6.05. The van der Waals surface area contributed by atoms with Crippen LogP contribution in [0.15, 0.2) is 84.9 Å². The van der Waals surface area contributed by atoms with E-state index in [2.05, 4.69) is 17.1 Å². The van der Waals surface area contributed by atoms with Crippen LogP contribution in [0.25, 0.3) is 33.9 Å². The molecule has 1 heterocycles. The van der Waals surface area contributed by atoms with Gasteiger partial charge in [-0.05, 0) is 24.3 Å². The monoisotopic (exact) mass is 312 g/mol. The molecule has 0 saturated carbocycles. The number of aromatic amines is 1. The molecule has 24 heavy (non-hydrogen) atoms. The fourth-order valence-electron chi connectivity index (χ4n) is 2.75. The Labute approximate surface area is 140 Å². The van der Waals surface area contributed by atoms with E-state index in [9.17, 15) is 5.11 Å². The van der Waals surface area contributed by atoms with Crippen molar-refractivity contribution in [3.05, 3.63) is 84.9 Å². The van der Waals surface area contributed by atoms with Crippen molar-refractivity contribution in [3.8, 4) is 39.7 Å². The predicted molar refractivity (Wildman–Crippen MR) is 96.6 cm³/mol. The summed E-state index contributed by atoms with van der Waals surface area (Å²) in [6, 6.07) is 27.3. The summed E-state index contributed by atoms with van der Waals surface area (Å²) in [6.07, 6.45) is 0. The van der Waals surface area contributed by atoms with Gasteiger partial charge in [-0.15, -0.1) is 0 Å². The van der Waals surface area contributed by atoms with E-state index >= 15 is 0 Å². The summed E-state index contributed by atoms with van der Waals surface area (Å²) in [5.41, 5.74) is 4.93. The van der Waals surface area contributed by atoms with Crippen LogP contribution in [0.1, 0.15) is 0 Å². The number of nitrogens with one attached hydrogen (secondary N) is 1. The molecule has 0 aliphatic rings. The largest absolute Gasteiger partial charge is 0.508 e. The topological polar surface area (TPSA) is 48.9 Å². The number of rotatable bonds is 3. The summed E-state index contributed by atoms with van der Waals surface area (Å²) in [5, 5.41) is 9.54. The van der Waals surface area contributed by atoms with Crippen molar-refractivity contribution in [2.75, 3.05) is 0 Å². The van der Waals surface area contributed by atoms with Crippen molar-refractivity contribution in [2.45, 2.75) is 0 Å². The first-order valence-corrected chi connectivity index (χ1v) is 7.81. The van der Waals surface area contributed by atoms with E-state index in [-0.39, 0.29) is 5.75 Å². The molecule has 0 spiro atoms. The third kappa shape index (κ3) is 2.68. The molecule has 4 aromatic rings. The van der Waals surface area contributed by atoms with E-state index in [4.69, 9.17) is 4.98 Å². The lowest BCUT2D eigenvalue weighted by Gasteiger charge is -2.03. The third-order valence-corrected chi connectivity index (χ3v) is 3.95. The molecule has 0 aliphatic heterocycles. The Kier molecular flexibility index (Phi) is 3.60. The fraction of sp³-hybridized carbons (Fsp3) is 0. The smallest absolute Gasteiger partial charge is 0.138 e. The maximum absolute atomic E-state index is 9.54. The van der Waals surface area contributed by atoms with E-state index in [0.717, 1.165) is 33.9 Å². The lowest BCUT2D eigenvalue weighted by atomic mass is 10.1. The van der Waals surface area contributed by atoms with Crippen molar-refractivity contribution >= 4 is 0 Å². The van der Waals surface area contributed by atoms with Crippen LogP contribution in [-0.4, -0.2) is 15.1 Å². The van der Waals surface area contributed by atoms with Gasteiger partial charge < -0.3 is 10.1 Å². The molecule has 0 aliphatic carbocycles. The Morgan fingerprint density at radius 3 is 1.83 bits per heavy atom. The van der Waals surface area contributed by atoms with Crippen LogP contribution in [-0.2, 0) is 0 Å². The Hall–Kier alpha value is -3.33. The first-order chi connectivity index (χ1) is 11.8. The molecule has 4 rings (SSSR count). The van der Waals surface area contributed by atoms with Gasteiger partial charge in [0, 0.05) is 16.7 Å². The summed E-state index contributed by atoms with van der Waals surface area (Å²) in [4.78, 5) is 8.27. The normalized spacial score (nSPS) is 10.7. The highest BCUT2D eigenvalue weighted by atomic mass is 16.3. The van der Waals surface area contributed by atoms with E-state index in [1.54, 1.807) is 12.1 Å². The van der Waals surface area contributed by atoms with Crippen LogP contribution in [0.2, 0.25) is 0 Å². The van der Waals surface area contributed by atoms with Gasteiger partial charge in [0.05, 0.1) is 11.4 Å². The molecule has 0 fully saturated rings. The quantitative estimate of drug-likeness (QED) is 0.552. The molecule has 3 aromatic carbocycles. The maximum Gasteiger partial charge on any atom is 0.138 e. The zero-order valence-electron chi connectivity index (χ0n) is 13.0. The molecule has 3 nitrogen and oxygen atoms in total. The lowest BCUT2D eigenvalue weighted by Crippen LogP contribution is -1.83. The summed E-state index contributed by atoms with van der Waals surface area (Å²) < 4.78 is 0. The fourth-order valence-corrected chi connectivity index (χ4v) is 2.75. The molecule has 0 bridgehead atoms. The molecule has 0 radical (unpaired) electrons. The van der Waals surface area contributed by atoms with Crippen LogP contribution in [0.3, 0.4) is 0 Å². The number of hydrogen-bond donors (Lipinski definition) is 2. The molecule has 3 heteroatoms. The van der Waals surface area contributed by atoms with Crippen molar-refractivity contribution in [1.82, 2.24) is 9.97 Å². The predicted octanol–water partition coefficient (Wildman–Crippen LogP) is 5.12. The minimum atomic E-state index is 0.249. The van der Waals surface area contributed by atoms with Gasteiger partial charge in [-0.25, -0.2) is 4.98 Å². The summed E-state index contributed by atoms with van der Waals surface area (Å²) in [5.74, 6) is 1.08. The number of phenols is 1. The van der Waals surface area contributed by atoms with Gasteiger partial charge in [0.25, 0.3) is 0 Å².